The fourth-order valence-electron chi connectivity index (χ4n) is 1.22. The van der Waals surface area contributed by atoms with Gasteiger partial charge in [0.25, 0.3) is 5.91 Å². The number of nitrogens with zero attached hydrogens (tertiary/aromatic N) is 1. The highest BCUT2D eigenvalue weighted by Crippen LogP contribution is 2.11. The highest BCUT2D eigenvalue weighted by atomic mass is 16.2. The van der Waals surface area contributed by atoms with E-state index in [1.54, 1.807) is 4.90 Å². The average Bonchev–Trinajstić information content (AvgIpc) is 2.40. The molecule has 0 aromatic carbocycles. The van der Waals surface area contributed by atoms with Crippen molar-refractivity contribution < 1.29 is 4.79 Å². The summed E-state index contributed by atoms with van der Waals surface area (Å²) in [6.45, 7) is 4.80. The monoisotopic (exact) mass is 191 g/mol. The minimum absolute atomic E-state index is 0.0856. The van der Waals surface area contributed by atoms with Gasteiger partial charge in [0.05, 0.1) is 0 Å². The van der Waals surface area contributed by atoms with Crippen LogP contribution in [0.4, 0.5) is 0 Å². The Morgan fingerprint density at radius 2 is 2.21 bits per heavy atom. The second-order valence-corrected chi connectivity index (χ2v) is 3.54. The van der Waals surface area contributed by atoms with Crippen molar-refractivity contribution in [2.45, 2.75) is 13.8 Å². The molecular formula is C12H17NO. The molecule has 14 heavy (non-hydrogen) atoms. The van der Waals surface area contributed by atoms with Gasteiger partial charge in [-0.2, -0.15) is 0 Å². The lowest BCUT2D eigenvalue weighted by atomic mass is 10.1. The van der Waals surface area contributed by atoms with E-state index < -0.39 is 0 Å². The first-order chi connectivity index (χ1) is 6.65. The van der Waals surface area contributed by atoms with E-state index >= 15 is 0 Å². The third-order valence-electron chi connectivity index (χ3n) is 2.34. The van der Waals surface area contributed by atoms with Crippen LogP contribution in [0.5, 0.6) is 0 Å². The van der Waals surface area contributed by atoms with Crippen LogP contribution in [0.25, 0.3) is 0 Å². The van der Waals surface area contributed by atoms with E-state index in [2.05, 4.69) is 13.0 Å². The van der Waals surface area contributed by atoms with Crippen LogP contribution in [0.3, 0.4) is 0 Å². The van der Waals surface area contributed by atoms with Gasteiger partial charge in [0.2, 0.25) is 0 Å². The lowest BCUT2D eigenvalue weighted by Gasteiger charge is -2.14. The Hall–Kier alpha value is -1.31. The molecule has 0 spiro atoms. The second-order valence-electron chi connectivity index (χ2n) is 3.54. The van der Waals surface area contributed by atoms with Crippen molar-refractivity contribution in [1.82, 2.24) is 4.90 Å². The van der Waals surface area contributed by atoms with Gasteiger partial charge in [0.15, 0.2) is 0 Å². The maximum Gasteiger partial charge on any atom is 0.253 e. The summed E-state index contributed by atoms with van der Waals surface area (Å²) in [5, 5.41) is 0. The van der Waals surface area contributed by atoms with Gasteiger partial charge in [-0.1, -0.05) is 31.2 Å². The predicted molar refractivity (Wildman–Crippen MR) is 58.8 cm³/mol. The van der Waals surface area contributed by atoms with Crippen LogP contribution in [-0.4, -0.2) is 24.4 Å². The van der Waals surface area contributed by atoms with Crippen LogP contribution in [0, 0.1) is 5.92 Å². The highest BCUT2D eigenvalue weighted by molar-refractivity contribution is 5.96. The van der Waals surface area contributed by atoms with Crippen LogP contribution < -0.4 is 0 Å². The summed E-state index contributed by atoms with van der Waals surface area (Å²) in [5.74, 6) is 0.492. The molecule has 0 N–H and O–H groups in total. The molecule has 0 saturated heterocycles. The number of amides is 1. The van der Waals surface area contributed by atoms with Crippen LogP contribution in [0.1, 0.15) is 13.8 Å². The highest BCUT2D eigenvalue weighted by Gasteiger charge is 2.10. The fraction of sp³-hybridized carbons (Fsp3) is 0.417. The number of carbonyl (C=O) groups excluding carboxylic acids is 1. The van der Waals surface area contributed by atoms with Gasteiger partial charge in [0, 0.05) is 19.2 Å². The molecule has 0 aromatic rings. The molecule has 2 nitrogen and oxygen atoms in total. The van der Waals surface area contributed by atoms with E-state index in [1.807, 2.05) is 38.3 Å². The molecule has 0 radical (unpaired) electrons. The Kier molecular flexibility index (Phi) is 3.69. The zero-order valence-corrected chi connectivity index (χ0v) is 9.03. The van der Waals surface area contributed by atoms with Gasteiger partial charge in [0.1, 0.15) is 0 Å². The van der Waals surface area contributed by atoms with E-state index in [0.717, 1.165) is 12.1 Å². The topological polar surface area (TPSA) is 20.3 Å². The van der Waals surface area contributed by atoms with Crippen LogP contribution in [0.2, 0.25) is 0 Å². The van der Waals surface area contributed by atoms with Crippen molar-refractivity contribution >= 4 is 5.91 Å². The maximum absolute atomic E-state index is 11.8. The van der Waals surface area contributed by atoms with Crippen LogP contribution in [-0.2, 0) is 4.79 Å². The maximum atomic E-state index is 11.8. The largest absolute Gasteiger partial charge is 0.342 e. The Labute approximate surface area is 85.6 Å². The normalized spacial score (nSPS) is 20.2. The second kappa shape index (κ2) is 4.80. The van der Waals surface area contributed by atoms with Gasteiger partial charge >= 0.3 is 0 Å². The Balaban J connectivity index is 2.79. The first-order valence-electron chi connectivity index (χ1n) is 4.97. The molecule has 1 unspecified atom stereocenters. The van der Waals surface area contributed by atoms with Crippen molar-refractivity contribution in [2.24, 2.45) is 5.92 Å². The molecule has 76 valence electrons. The quantitative estimate of drug-likeness (QED) is 0.655. The summed E-state index contributed by atoms with van der Waals surface area (Å²) in [4.78, 5) is 13.5. The average molecular weight is 191 g/mol. The van der Waals surface area contributed by atoms with Gasteiger partial charge in [-0.05, 0) is 18.9 Å². The molecule has 0 aromatic heterocycles. The van der Waals surface area contributed by atoms with Crippen molar-refractivity contribution in [3.8, 4) is 0 Å². The number of allylic oxidation sites excluding steroid dienone is 4. The predicted octanol–water partition coefficient (Wildman–Crippen LogP) is 2.15. The summed E-state index contributed by atoms with van der Waals surface area (Å²) < 4.78 is 0. The number of rotatable bonds is 2. The number of hydrogen-bond donors (Lipinski definition) is 0. The zero-order chi connectivity index (χ0) is 10.6. The van der Waals surface area contributed by atoms with E-state index in [-0.39, 0.29) is 5.91 Å². The molecule has 0 saturated carbocycles. The van der Waals surface area contributed by atoms with E-state index in [1.165, 1.54) is 0 Å². The zero-order valence-electron chi connectivity index (χ0n) is 9.03. The van der Waals surface area contributed by atoms with E-state index in [4.69, 9.17) is 0 Å². The van der Waals surface area contributed by atoms with Gasteiger partial charge in [-0.3, -0.25) is 4.79 Å². The molecule has 1 amide bonds. The third-order valence-corrected chi connectivity index (χ3v) is 2.34. The smallest absolute Gasteiger partial charge is 0.253 e. The summed E-state index contributed by atoms with van der Waals surface area (Å²) in [6.07, 6.45) is 9.83. The minimum Gasteiger partial charge on any atom is -0.342 e. The molecule has 2 heteroatoms. The summed E-state index contributed by atoms with van der Waals surface area (Å²) in [6, 6.07) is 0. The first kappa shape index (κ1) is 10.8. The van der Waals surface area contributed by atoms with Crippen molar-refractivity contribution in [2.75, 3.05) is 13.6 Å². The van der Waals surface area contributed by atoms with Gasteiger partial charge in [-0.25, -0.2) is 0 Å². The molecule has 1 aliphatic rings. The van der Waals surface area contributed by atoms with Crippen molar-refractivity contribution in [3.63, 3.8) is 0 Å². The molecule has 0 bridgehead atoms. The standard InChI is InChI=1S/C12H17NO/c1-4-13(3)12(14)11-7-5-6-10(2)8-9-11/h5-10H,4H2,1-3H3. The lowest BCUT2D eigenvalue weighted by molar-refractivity contribution is -0.125. The van der Waals surface area contributed by atoms with Gasteiger partial charge < -0.3 is 4.90 Å². The minimum atomic E-state index is 0.0856. The van der Waals surface area contributed by atoms with E-state index in [0.29, 0.717) is 5.92 Å². The van der Waals surface area contributed by atoms with E-state index in [9.17, 15) is 4.79 Å². The first-order valence-corrected chi connectivity index (χ1v) is 4.97. The lowest BCUT2D eigenvalue weighted by Crippen LogP contribution is -2.27. The van der Waals surface area contributed by atoms with Gasteiger partial charge in [-0.15, -0.1) is 0 Å². The van der Waals surface area contributed by atoms with Crippen molar-refractivity contribution in [3.05, 3.63) is 36.0 Å². The number of likely N-dealkylation sites (N-methyl/N-ethyl adjacent to an activating group) is 1. The van der Waals surface area contributed by atoms with Crippen LogP contribution in [0.15, 0.2) is 36.0 Å². The molecule has 0 heterocycles. The number of hydrogen-bond acceptors (Lipinski definition) is 1. The Morgan fingerprint density at radius 1 is 1.50 bits per heavy atom. The molecule has 1 rings (SSSR count). The summed E-state index contributed by atoms with van der Waals surface area (Å²) in [5.41, 5.74) is 0.759. The molecular weight excluding hydrogens is 174 g/mol. The van der Waals surface area contributed by atoms with Crippen molar-refractivity contribution in [1.29, 1.82) is 0 Å². The molecule has 0 aliphatic heterocycles. The van der Waals surface area contributed by atoms with Crippen LogP contribution >= 0.6 is 0 Å². The fourth-order valence-corrected chi connectivity index (χ4v) is 1.22. The molecule has 1 atom stereocenters. The number of carbonyl (C=O) groups is 1. The molecule has 0 fully saturated rings. The molecule has 1 aliphatic carbocycles. The Bertz CT molecular complexity index is 299. The Morgan fingerprint density at radius 3 is 2.86 bits per heavy atom. The SMILES string of the molecule is CCN(C)C(=O)C1=CC=CC(C)C=C1. The summed E-state index contributed by atoms with van der Waals surface area (Å²) in [7, 11) is 1.81. The summed E-state index contributed by atoms with van der Waals surface area (Å²) >= 11 is 0. The third kappa shape index (κ3) is 2.59.